The van der Waals surface area contributed by atoms with Crippen LogP contribution in [0.5, 0.6) is 0 Å². The van der Waals surface area contributed by atoms with Gasteiger partial charge in [-0.05, 0) is 49.9 Å². The third-order valence-corrected chi connectivity index (χ3v) is 4.21. The summed E-state index contributed by atoms with van der Waals surface area (Å²) in [6.07, 6.45) is 8.24. The summed E-state index contributed by atoms with van der Waals surface area (Å²) >= 11 is 0. The maximum Gasteiger partial charge on any atom is 0.235 e. The molecule has 4 aliphatic carbocycles. The molecule has 0 amide bonds. The Balaban J connectivity index is 2.03. The average Bonchev–Trinajstić information content (AvgIpc) is 2.36. The predicted molar refractivity (Wildman–Crippen MR) is 44.4 cm³/mol. The smallest absolute Gasteiger partial charge is 0.211 e. The Kier molecular flexibility index (Phi) is 1.14. The summed E-state index contributed by atoms with van der Waals surface area (Å²) in [5.74, 6) is 2.52. The molecule has 64 valence electrons. The molecule has 0 aliphatic heterocycles. The van der Waals surface area contributed by atoms with Crippen LogP contribution in [-0.2, 0) is 4.79 Å². The van der Waals surface area contributed by atoms with E-state index in [9.17, 15) is 4.79 Å². The van der Waals surface area contributed by atoms with Gasteiger partial charge in [-0.2, -0.15) is 4.99 Å². The number of hydrogen-bond donors (Lipinski definition) is 0. The Morgan fingerprint density at radius 1 is 1.17 bits per heavy atom. The Hall–Kier alpha value is -0.620. The molecule has 4 saturated carbocycles. The molecule has 2 heteroatoms. The second-order valence-electron chi connectivity index (χ2n) is 4.85. The van der Waals surface area contributed by atoms with Crippen LogP contribution in [0.2, 0.25) is 0 Å². The van der Waals surface area contributed by atoms with Crippen molar-refractivity contribution in [3.8, 4) is 0 Å². The van der Waals surface area contributed by atoms with Gasteiger partial charge in [0.05, 0.1) is 5.54 Å². The molecule has 12 heavy (non-hydrogen) atoms. The number of carbonyl (C=O) groups excluding carboxylic acids is 1. The molecule has 4 rings (SSSR count). The summed E-state index contributed by atoms with van der Waals surface area (Å²) < 4.78 is 0. The number of aliphatic imine (C=N–C) groups is 1. The molecule has 2 nitrogen and oxygen atoms in total. The van der Waals surface area contributed by atoms with E-state index in [1.807, 2.05) is 0 Å². The third kappa shape index (κ3) is 0.669. The van der Waals surface area contributed by atoms with Gasteiger partial charge in [-0.1, -0.05) is 0 Å². The van der Waals surface area contributed by atoms with E-state index in [0.29, 0.717) is 0 Å². The van der Waals surface area contributed by atoms with E-state index < -0.39 is 0 Å². The lowest BCUT2D eigenvalue weighted by Crippen LogP contribution is -2.27. The summed E-state index contributed by atoms with van der Waals surface area (Å²) in [6.45, 7) is 0. The van der Waals surface area contributed by atoms with Crippen molar-refractivity contribution in [2.75, 3.05) is 0 Å². The summed E-state index contributed by atoms with van der Waals surface area (Å²) in [5, 5.41) is 0. The standard InChI is InChI=1S/C10H13NO/c12-6-11-10-4-7-1-8(5-10)3-9(10)2-7/h7-9H,1-5H2. The number of nitrogens with zero attached hydrogens (tertiary/aromatic N) is 1. The molecule has 0 spiro atoms. The Morgan fingerprint density at radius 3 is 2.42 bits per heavy atom. The van der Waals surface area contributed by atoms with Gasteiger partial charge in [-0.15, -0.1) is 0 Å². The van der Waals surface area contributed by atoms with Crippen molar-refractivity contribution >= 4 is 6.08 Å². The molecular weight excluding hydrogens is 150 g/mol. The normalized spacial score (nSPS) is 54.2. The van der Waals surface area contributed by atoms with Crippen LogP contribution >= 0.6 is 0 Å². The lowest BCUT2D eigenvalue weighted by atomic mass is 9.81. The molecule has 2 unspecified atom stereocenters. The monoisotopic (exact) mass is 163 g/mol. The van der Waals surface area contributed by atoms with E-state index in [4.69, 9.17) is 0 Å². The topological polar surface area (TPSA) is 29.4 Å². The van der Waals surface area contributed by atoms with Crippen LogP contribution in [0.15, 0.2) is 4.99 Å². The molecule has 0 saturated heterocycles. The van der Waals surface area contributed by atoms with Crippen LogP contribution in [-0.4, -0.2) is 11.6 Å². The van der Waals surface area contributed by atoms with E-state index in [-0.39, 0.29) is 5.54 Å². The minimum absolute atomic E-state index is 0.0787. The van der Waals surface area contributed by atoms with Crippen LogP contribution in [0.1, 0.15) is 32.1 Å². The van der Waals surface area contributed by atoms with Crippen LogP contribution < -0.4 is 0 Å². The molecule has 0 heterocycles. The summed E-state index contributed by atoms with van der Waals surface area (Å²) in [4.78, 5) is 14.4. The second kappa shape index (κ2) is 2.00. The molecule has 0 aromatic carbocycles. The minimum atomic E-state index is 0.0787. The van der Waals surface area contributed by atoms with Crippen LogP contribution in [0.4, 0.5) is 0 Å². The zero-order chi connectivity index (χ0) is 8.18. The van der Waals surface area contributed by atoms with Gasteiger partial charge in [0, 0.05) is 0 Å². The summed E-state index contributed by atoms with van der Waals surface area (Å²) in [5.41, 5.74) is 0.0787. The third-order valence-electron chi connectivity index (χ3n) is 4.21. The van der Waals surface area contributed by atoms with E-state index >= 15 is 0 Å². The lowest BCUT2D eigenvalue weighted by molar-refractivity contribution is 0.268. The number of hydrogen-bond acceptors (Lipinski definition) is 2. The molecular formula is C10H13NO. The van der Waals surface area contributed by atoms with E-state index in [2.05, 4.69) is 4.99 Å². The molecule has 2 atom stereocenters. The maximum atomic E-state index is 10.3. The largest absolute Gasteiger partial charge is 0.235 e. The highest BCUT2D eigenvalue weighted by molar-refractivity contribution is 5.36. The Bertz CT molecular complexity index is 253. The lowest BCUT2D eigenvalue weighted by Gasteiger charge is -2.27. The van der Waals surface area contributed by atoms with Gasteiger partial charge in [-0.25, -0.2) is 4.79 Å². The first-order chi connectivity index (χ1) is 5.82. The molecule has 0 N–H and O–H groups in total. The van der Waals surface area contributed by atoms with Crippen molar-refractivity contribution in [3.63, 3.8) is 0 Å². The first kappa shape index (κ1) is 6.85. The summed E-state index contributed by atoms with van der Waals surface area (Å²) in [6, 6.07) is 0. The zero-order valence-corrected chi connectivity index (χ0v) is 7.12. The van der Waals surface area contributed by atoms with Crippen LogP contribution in [0.25, 0.3) is 0 Å². The minimum Gasteiger partial charge on any atom is -0.211 e. The van der Waals surface area contributed by atoms with Crippen molar-refractivity contribution in [1.29, 1.82) is 0 Å². The zero-order valence-electron chi connectivity index (χ0n) is 7.12. The Labute approximate surface area is 72.1 Å². The highest BCUT2D eigenvalue weighted by Gasteiger charge is 2.58. The fourth-order valence-corrected chi connectivity index (χ4v) is 4.03. The molecule has 0 aromatic rings. The molecule has 0 radical (unpaired) electrons. The number of isocyanates is 1. The van der Waals surface area contributed by atoms with Gasteiger partial charge in [0.1, 0.15) is 0 Å². The van der Waals surface area contributed by atoms with Gasteiger partial charge >= 0.3 is 0 Å². The molecule has 4 bridgehead atoms. The average molecular weight is 163 g/mol. The Morgan fingerprint density at radius 2 is 1.83 bits per heavy atom. The van der Waals surface area contributed by atoms with Gasteiger partial charge in [-0.3, -0.25) is 0 Å². The van der Waals surface area contributed by atoms with Crippen LogP contribution in [0, 0.1) is 17.8 Å². The van der Waals surface area contributed by atoms with E-state index in [1.165, 1.54) is 32.1 Å². The number of rotatable bonds is 1. The molecule has 0 aromatic heterocycles. The van der Waals surface area contributed by atoms with Gasteiger partial charge in [0.2, 0.25) is 6.08 Å². The fraction of sp³-hybridized carbons (Fsp3) is 0.900. The van der Waals surface area contributed by atoms with Crippen molar-refractivity contribution in [2.24, 2.45) is 22.7 Å². The highest BCUT2D eigenvalue weighted by atomic mass is 16.1. The van der Waals surface area contributed by atoms with E-state index in [1.54, 1.807) is 6.08 Å². The quantitative estimate of drug-likeness (QED) is 0.429. The van der Waals surface area contributed by atoms with Crippen LogP contribution in [0.3, 0.4) is 0 Å². The van der Waals surface area contributed by atoms with Gasteiger partial charge < -0.3 is 0 Å². The van der Waals surface area contributed by atoms with Crippen molar-refractivity contribution in [2.45, 2.75) is 37.6 Å². The fourth-order valence-electron chi connectivity index (χ4n) is 4.03. The van der Waals surface area contributed by atoms with Crippen molar-refractivity contribution in [3.05, 3.63) is 0 Å². The molecule has 4 aliphatic rings. The molecule has 4 fully saturated rings. The summed E-state index contributed by atoms with van der Waals surface area (Å²) in [7, 11) is 0. The van der Waals surface area contributed by atoms with Crippen molar-refractivity contribution < 1.29 is 4.79 Å². The van der Waals surface area contributed by atoms with Gasteiger partial charge in [0.15, 0.2) is 0 Å². The first-order valence-corrected chi connectivity index (χ1v) is 4.91. The maximum absolute atomic E-state index is 10.3. The SMILES string of the molecule is O=C=NC12CC3CC(CC1C3)C2. The second-order valence-corrected chi connectivity index (χ2v) is 4.85. The highest BCUT2D eigenvalue weighted by Crippen LogP contribution is 2.61. The first-order valence-electron chi connectivity index (χ1n) is 4.91. The van der Waals surface area contributed by atoms with Crippen molar-refractivity contribution in [1.82, 2.24) is 0 Å². The van der Waals surface area contributed by atoms with E-state index in [0.717, 1.165) is 17.8 Å². The van der Waals surface area contributed by atoms with Gasteiger partial charge in [0.25, 0.3) is 0 Å². The predicted octanol–water partition coefficient (Wildman–Crippen LogP) is 1.90.